The minimum Gasteiger partial charge on any atom is -0.508 e. The zero-order valence-corrected chi connectivity index (χ0v) is 26.8. The molecule has 2 saturated heterocycles. The molecule has 2 heterocycles. The lowest BCUT2D eigenvalue weighted by Gasteiger charge is -2.50. The van der Waals surface area contributed by atoms with E-state index in [-0.39, 0.29) is 29.7 Å². The van der Waals surface area contributed by atoms with Crippen LogP contribution < -0.4 is 15.3 Å². The fourth-order valence-electron chi connectivity index (χ4n) is 8.90. The Hall–Kier alpha value is -5.03. The van der Waals surface area contributed by atoms with E-state index < -0.39 is 65.8 Å². The van der Waals surface area contributed by atoms with E-state index in [1.807, 2.05) is 36.4 Å². The first-order valence-electron chi connectivity index (χ1n) is 16.2. The van der Waals surface area contributed by atoms with Gasteiger partial charge in [0.2, 0.25) is 23.6 Å². The number of rotatable bonds is 5. The summed E-state index contributed by atoms with van der Waals surface area (Å²) in [5, 5.41) is 31.3. The lowest BCUT2D eigenvalue weighted by atomic mass is 9.49. The Balaban J connectivity index is 1.33. The van der Waals surface area contributed by atoms with Crippen molar-refractivity contribution >= 4 is 59.2 Å². The van der Waals surface area contributed by atoms with E-state index in [0.29, 0.717) is 21.8 Å². The third kappa shape index (κ3) is 4.48. The van der Waals surface area contributed by atoms with Gasteiger partial charge < -0.3 is 15.2 Å². The lowest BCUT2D eigenvalue weighted by molar-refractivity contribution is -0.127. The predicted molar refractivity (Wildman–Crippen MR) is 183 cm³/mol. The molecule has 49 heavy (non-hydrogen) atoms. The minimum atomic E-state index is -1.79. The number of nitrogens with zero attached hydrogens (tertiary/aromatic N) is 2. The molecule has 3 N–H and O–H groups in total. The zero-order chi connectivity index (χ0) is 34.2. The summed E-state index contributed by atoms with van der Waals surface area (Å²) in [6.45, 7) is 0. The summed E-state index contributed by atoms with van der Waals surface area (Å²) < 4.78 is 0. The first-order chi connectivity index (χ1) is 23.6. The van der Waals surface area contributed by atoms with Gasteiger partial charge in [0.15, 0.2) is 0 Å². The molecule has 4 aliphatic rings. The number of phenolic OH excluding ortho intramolecular Hbond substituents is 1. The molecule has 11 heteroatoms. The molecule has 4 aromatic carbocycles. The van der Waals surface area contributed by atoms with E-state index in [1.54, 1.807) is 60.7 Å². The standard InChI is InChI=1S/C38H30BClN2O7/c40-23-11-7-13-25(19-23)42-35(45)30-20-29-26(16-17-28-32(29)36(46)41(34(28)44)24-12-6-10-22(18-24)39(48)49)33(27-14-4-5-15-31(27)43)38(30,37(42)47)21-8-2-1-3-9-21/h1-16,18-19,28-30,32-33,43,48-49H,17,20H2. The third-order valence-corrected chi connectivity index (χ3v) is 11.1. The van der Waals surface area contributed by atoms with Gasteiger partial charge in [-0.2, -0.15) is 0 Å². The molecule has 6 unspecified atom stereocenters. The molecule has 244 valence electrons. The Labute approximate surface area is 287 Å². The molecule has 3 fully saturated rings. The van der Waals surface area contributed by atoms with Crippen molar-refractivity contribution in [3.63, 3.8) is 0 Å². The number of imide groups is 2. The number of para-hydroxylation sites is 1. The van der Waals surface area contributed by atoms with E-state index >= 15 is 4.79 Å². The quantitative estimate of drug-likeness (QED) is 0.165. The van der Waals surface area contributed by atoms with Crippen LogP contribution in [-0.4, -0.2) is 45.9 Å². The Morgan fingerprint density at radius 3 is 2.14 bits per heavy atom. The second-order valence-corrected chi connectivity index (χ2v) is 13.6. The van der Waals surface area contributed by atoms with Gasteiger partial charge in [0.25, 0.3) is 0 Å². The second kappa shape index (κ2) is 11.5. The number of carbonyl (C=O) groups is 4. The molecular weight excluding hydrogens is 643 g/mol. The first kappa shape index (κ1) is 31.3. The highest BCUT2D eigenvalue weighted by atomic mass is 35.5. The highest BCUT2D eigenvalue weighted by Gasteiger charge is 2.70. The molecular formula is C38H30BClN2O7. The van der Waals surface area contributed by atoms with Crippen LogP contribution in [0.2, 0.25) is 5.02 Å². The number of hydrogen-bond donors (Lipinski definition) is 3. The van der Waals surface area contributed by atoms with E-state index in [9.17, 15) is 29.5 Å². The summed E-state index contributed by atoms with van der Waals surface area (Å²) in [6.07, 6.45) is 2.24. The largest absolute Gasteiger partial charge is 0.508 e. The number of phenols is 1. The molecule has 6 atom stereocenters. The normalized spacial score (nSPS) is 27.5. The monoisotopic (exact) mass is 672 g/mol. The Kier molecular flexibility index (Phi) is 7.37. The van der Waals surface area contributed by atoms with Crippen LogP contribution in [0.3, 0.4) is 0 Å². The molecule has 0 radical (unpaired) electrons. The number of amides is 4. The van der Waals surface area contributed by atoms with Gasteiger partial charge in [-0.25, -0.2) is 4.90 Å². The van der Waals surface area contributed by atoms with Gasteiger partial charge in [-0.1, -0.05) is 90.0 Å². The average molecular weight is 673 g/mol. The number of benzene rings is 4. The lowest BCUT2D eigenvalue weighted by Crippen LogP contribution is -2.53. The van der Waals surface area contributed by atoms with Crippen molar-refractivity contribution in [2.45, 2.75) is 24.2 Å². The number of aromatic hydroxyl groups is 1. The summed E-state index contributed by atoms with van der Waals surface area (Å²) in [5.41, 5.74) is 0.953. The SMILES string of the molecule is O=C1C2CC=C3C(CC4C(=O)N(c5cccc(Cl)c5)C(=O)C4(c4ccccc4)C3c3ccccc3O)C2C(=O)N1c1cccc(B(O)O)c1. The topological polar surface area (TPSA) is 135 Å². The summed E-state index contributed by atoms with van der Waals surface area (Å²) >= 11 is 6.36. The molecule has 1 saturated carbocycles. The molecule has 0 aromatic heterocycles. The summed E-state index contributed by atoms with van der Waals surface area (Å²) in [4.78, 5) is 60.7. The average Bonchev–Trinajstić information content (AvgIpc) is 3.49. The van der Waals surface area contributed by atoms with Gasteiger partial charge in [-0.15, -0.1) is 0 Å². The van der Waals surface area contributed by atoms with Crippen molar-refractivity contribution in [3.8, 4) is 5.75 Å². The highest BCUT2D eigenvalue weighted by Crippen LogP contribution is 2.65. The predicted octanol–water partition coefficient (Wildman–Crippen LogP) is 4.09. The fourth-order valence-corrected chi connectivity index (χ4v) is 9.08. The Morgan fingerprint density at radius 2 is 1.43 bits per heavy atom. The van der Waals surface area contributed by atoms with Crippen LogP contribution in [0.1, 0.15) is 29.9 Å². The molecule has 4 amide bonds. The number of allylic oxidation sites excluding steroid dienone is 2. The van der Waals surface area contributed by atoms with Gasteiger partial charge in [0.05, 0.1) is 34.5 Å². The molecule has 4 aromatic rings. The number of hydrogen-bond acceptors (Lipinski definition) is 7. The molecule has 0 spiro atoms. The van der Waals surface area contributed by atoms with Gasteiger partial charge in [-0.05, 0) is 66.2 Å². The Bertz CT molecular complexity index is 2090. The summed E-state index contributed by atoms with van der Waals surface area (Å²) in [6, 6.07) is 28.4. The van der Waals surface area contributed by atoms with E-state index in [2.05, 4.69) is 0 Å². The van der Waals surface area contributed by atoms with Crippen LogP contribution >= 0.6 is 11.6 Å². The number of anilines is 2. The molecule has 2 aliphatic heterocycles. The third-order valence-electron chi connectivity index (χ3n) is 10.8. The first-order valence-corrected chi connectivity index (χ1v) is 16.5. The zero-order valence-electron chi connectivity index (χ0n) is 26.0. The molecule has 0 bridgehead atoms. The van der Waals surface area contributed by atoms with Crippen LogP contribution in [0.15, 0.2) is 115 Å². The van der Waals surface area contributed by atoms with Gasteiger partial charge >= 0.3 is 7.12 Å². The maximum Gasteiger partial charge on any atom is 0.488 e. The van der Waals surface area contributed by atoms with Crippen LogP contribution in [0.4, 0.5) is 11.4 Å². The van der Waals surface area contributed by atoms with Gasteiger partial charge in [0, 0.05) is 16.5 Å². The van der Waals surface area contributed by atoms with E-state index in [0.717, 1.165) is 10.5 Å². The van der Waals surface area contributed by atoms with Crippen molar-refractivity contribution in [1.82, 2.24) is 0 Å². The smallest absolute Gasteiger partial charge is 0.488 e. The van der Waals surface area contributed by atoms with Crippen LogP contribution in [0.5, 0.6) is 5.75 Å². The highest BCUT2D eigenvalue weighted by molar-refractivity contribution is 6.58. The second-order valence-electron chi connectivity index (χ2n) is 13.1. The molecule has 9 nitrogen and oxygen atoms in total. The van der Waals surface area contributed by atoms with E-state index in [1.165, 1.54) is 17.0 Å². The van der Waals surface area contributed by atoms with Crippen LogP contribution in [0.25, 0.3) is 0 Å². The van der Waals surface area contributed by atoms with Crippen molar-refractivity contribution in [2.75, 3.05) is 9.80 Å². The maximum absolute atomic E-state index is 15.2. The Morgan fingerprint density at radius 1 is 0.735 bits per heavy atom. The fraction of sp³-hybridized carbons (Fsp3) is 0.211. The van der Waals surface area contributed by atoms with Gasteiger partial charge in [-0.3, -0.25) is 24.1 Å². The van der Waals surface area contributed by atoms with Crippen molar-refractivity contribution < 1.29 is 34.3 Å². The molecule has 8 rings (SSSR count). The van der Waals surface area contributed by atoms with E-state index in [4.69, 9.17) is 11.6 Å². The minimum absolute atomic E-state index is 0.0542. The maximum atomic E-state index is 15.2. The van der Waals surface area contributed by atoms with Gasteiger partial charge in [0.1, 0.15) is 5.75 Å². The number of carbonyl (C=O) groups excluding carboxylic acids is 4. The number of fused-ring (bicyclic) bond motifs is 4. The van der Waals surface area contributed by atoms with Crippen LogP contribution in [0, 0.1) is 23.7 Å². The summed E-state index contributed by atoms with van der Waals surface area (Å²) in [5.74, 6) is -5.84. The molecule has 2 aliphatic carbocycles. The van der Waals surface area contributed by atoms with Crippen molar-refractivity contribution in [2.24, 2.45) is 23.7 Å². The number of halogens is 1. The van der Waals surface area contributed by atoms with Crippen molar-refractivity contribution in [1.29, 1.82) is 0 Å². The summed E-state index contributed by atoms with van der Waals surface area (Å²) in [7, 11) is -1.79. The van der Waals surface area contributed by atoms with Crippen LogP contribution in [-0.2, 0) is 24.6 Å². The van der Waals surface area contributed by atoms with Crippen molar-refractivity contribution in [3.05, 3.63) is 131 Å².